The predicted molar refractivity (Wildman–Crippen MR) is 116 cm³/mol. The molecular weight excluding hydrogens is 380 g/mol. The maximum absolute atomic E-state index is 13.3. The summed E-state index contributed by atoms with van der Waals surface area (Å²) in [7, 11) is 5.78. The van der Waals surface area contributed by atoms with Gasteiger partial charge in [0.25, 0.3) is 0 Å². The van der Waals surface area contributed by atoms with E-state index in [0.29, 0.717) is 41.9 Å². The number of carbonyl (C=O) groups is 3. The number of fused-ring (bicyclic) bond motifs is 2. The average Bonchev–Trinajstić information content (AvgIpc) is 3.32. The Bertz CT molecular complexity index is 1110. The predicted octanol–water partition coefficient (Wildman–Crippen LogP) is 1.65. The number of carbonyl (C=O) groups excluding carboxylic acids is 3. The number of aromatic amines is 1. The van der Waals surface area contributed by atoms with Gasteiger partial charge < -0.3 is 15.2 Å². The Kier molecular flexibility index (Phi) is 5.32. The Morgan fingerprint density at radius 2 is 1.83 bits per heavy atom. The molecule has 1 aliphatic heterocycles. The zero-order valence-corrected chi connectivity index (χ0v) is 17.3. The molecule has 1 aromatic heterocycles. The van der Waals surface area contributed by atoms with Gasteiger partial charge in [-0.2, -0.15) is 0 Å². The van der Waals surface area contributed by atoms with Crippen molar-refractivity contribution >= 4 is 29.6 Å². The van der Waals surface area contributed by atoms with Crippen LogP contribution in [0.4, 0.5) is 0 Å². The lowest BCUT2D eigenvalue weighted by Crippen LogP contribution is -2.27. The zero-order valence-electron chi connectivity index (χ0n) is 17.3. The van der Waals surface area contributed by atoms with E-state index in [9.17, 15) is 14.4 Å². The average molecular weight is 404 g/mol. The van der Waals surface area contributed by atoms with Crippen molar-refractivity contribution in [2.24, 2.45) is 4.99 Å². The molecule has 3 aliphatic rings. The van der Waals surface area contributed by atoms with Gasteiger partial charge in [-0.15, -0.1) is 0 Å². The molecule has 1 aromatic rings. The maximum atomic E-state index is 13.3. The molecule has 0 amide bonds. The number of aromatic nitrogens is 1. The number of hydrogen-bond acceptors (Lipinski definition) is 6. The number of nitrogens with one attached hydrogen (secondary N) is 2. The van der Waals surface area contributed by atoms with Crippen LogP contribution in [-0.2, 0) is 16.0 Å². The fraction of sp³-hybridized carbons (Fsp3) is 0.304. The van der Waals surface area contributed by atoms with E-state index in [4.69, 9.17) is 0 Å². The number of hydrogen-bond donors (Lipinski definition) is 2. The summed E-state index contributed by atoms with van der Waals surface area (Å²) in [6, 6.07) is 0. The van der Waals surface area contributed by atoms with Gasteiger partial charge >= 0.3 is 0 Å². The summed E-state index contributed by atoms with van der Waals surface area (Å²) in [5.41, 5.74) is 4.18. The van der Waals surface area contributed by atoms with Gasteiger partial charge in [0.15, 0.2) is 5.78 Å². The van der Waals surface area contributed by atoms with Crippen molar-refractivity contribution in [1.29, 1.82) is 0 Å². The first-order valence-corrected chi connectivity index (χ1v) is 9.97. The van der Waals surface area contributed by atoms with Crippen LogP contribution < -0.4 is 5.32 Å². The van der Waals surface area contributed by atoms with Crippen LogP contribution in [0.2, 0.25) is 0 Å². The molecule has 0 unspecified atom stereocenters. The van der Waals surface area contributed by atoms with Crippen LogP contribution in [0.15, 0.2) is 51.3 Å². The van der Waals surface area contributed by atoms with E-state index in [1.165, 1.54) is 0 Å². The summed E-state index contributed by atoms with van der Waals surface area (Å²) >= 11 is 0. The molecule has 7 nitrogen and oxygen atoms in total. The molecule has 0 atom stereocenters. The van der Waals surface area contributed by atoms with Gasteiger partial charge in [0.1, 0.15) is 0 Å². The Labute approximate surface area is 174 Å². The summed E-state index contributed by atoms with van der Waals surface area (Å²) in [6.45, 7) is 1.48. The molecule has 0 saturated heterocycles. The molecule has 0 spiro atoms. The normalized spacial score (nSPS) is 18.0. The van der Waals surface area contributed by atoms with Gasteiger partial charge in [0, 0.05) is 30.1 Å². The SMILES string of the molecule is CNCCc1c[nH]c2c1C(=O)C(=O)C(C1=CC=C3N=CC(CCN(C)C)=C3C1=O)=C2. The summed E-state index contributed by atoms with van der Waals surface area (Å²) in [5.74, 6) is -1.46. The molecule has 154 valence electrons. The minimum absolute atomic E-state index is 0.140. The zero-order chi connectivity index (χ0) is 21.4. The first-order chi connectivity index (χ1) is 14.4. The maximum Gasteiger partial charge on any atom is 0.235 e. The highest BCUT2D eigenvalue weighted by molar-refractivity contribution is 6.54. The van der Waals surface area contributed by atoms with Gasteiger partial charge in [-0.25, -0.2) is 0 Å². The van der Waals surface area contributed by atoms with Gasteiger partial charge in [0.2, 0.25) is 11.6 Å². The highest BCUT2D eigenvalue weighted by Gasteiger charge is 2.37. The van der Waals surface area contributed by atoms with Crippen LogP contribution in [0, 0.1) is 0 Å². The topological polar surface area (TPSA) is 94.6 Å². The highest BCUT2D eigenvalue weighted by atomic mass is 16.2. The lowest BCUT2D eigenvalue weighted by molar-refractivity contribution is -0.114. The van der Waals surface area contributed by atoms with Crippen molar-refractivity contribution in [3.8, 4) is 0 Å². The second-order valence-corrected chi connectivity index (χ2v) is 7.85. The molecular formula is C23H24N4O3. The van der Waals surface area contributed by atoms with Gasteiger partial charge in [0.05, 0.1) is 22.5 Å². The molecule has 0 radical (unpaired) electrons. The standard InChI is InChI=1S/C23H24N4O3/c1-24-8-6-13-11-26-18-10-16(22(29)23(30)20(13)18)15-4-5-17-19(21(15)28)14(12-25-17)7-9-27(2)3/h4-5,10-12,24,26H,6-9H2,1-3H3. The summed E-state index contributed by atoms with van der Waals surface area (Å²) in [4.78, 5) is 48.6. The first kappa shape index (κ1) is 20.1. The summed E-state index contributed by atoms with van der Waals surface area (Å²) in [6.07, 6.45) is 9.77. The third-order valence-corrected chi connectivity index (χ3v) is 5.54. The molecule has 0 aromatic carbocycles. The minimum atomic E-state index is -0.640. The Morgan fingerprint density at radius 3 is 2.57 bits per heavy atom. The lowest BCUT2D eigenvalue weighted by Gasteiger charge is -2.19. The molecule has 30 heavy (non-hydrogen) atoms. The van der Waals surface area contributed by atoms with E-state index in [1.54, 1.807) is 30.6 Å². The number of Topliss-reactive ketones (excluding diaryl/α,β-unsaturated/α-hetero) is 3. The van der Waals surface area contributed by atoms with E-state index in [1.807, 2.05) is 26.0 Å². The Morgan fingerprint density at radius 1 is 1.03 bits per heavy atom. The van der Waals surface area contributed by atoms with Crippen molar-refractivity contribution in [3.63, 3.8) is 0 Å². The molecule has 0 saturated carbocycles. The van der Waals surface area contributed by atoms with E-state index >= 15 is 0 Å². The van der Waals surface area contributed by atoms with E-state index in [0.717, 1.165) is 17.7 Å². The number of ketones is 3. The minimum Gasteiger partial charge on any atom is -0.361 e. The van der Waals surface area contributed by atoms with Crippen molar-refractivity contribution in [2.45, 2.75) is 12.8 Å². The van der Waals surface area contributed by atoms with Crippen LogP contribution in [0.5, 0.6) is 0 Å². The molecule has 2 aliphatic carbocycles. The van der Waals surface area contributed by atoms with E-state index in [2.05, 4.69) is 15.3 Å². The van der Waals surface area contributed by atoms with Crippen LogP contribution >= 0.6 is 0 Å². The highest BCUT2D eigenvalue weighted by Crippen LogP contribution is 2.36. The van der Waals surface area contributed by atoms with Crippen LogP contribution in [0.25, 0.3) is 6.08 Å². The third-order valence-electron chi connectivity index (χ3n) is 5.54. The third kappa shape index (κ3) is 3.36. The number of rotatable bonds is 7. The number of likely N-dealkylation sites (N-methyl/N-ethyl adjacent to an activating group) is 1. The van der Waals surface area contributed by atoms with E-state index in [-0.39, 0.29) is 16.9 Å². The quantitative estimate of drug-likeness (QED) is 0.674. The Hall–Kier alpha value is -3.16. The molecule has 0 bridgehead atoms. The Balaban J connectivity index is 1.70. The fourth-order valence-corrected chi connectivity index (χ4v) is 3.91. The van der Waals surface area contributed by atoms with Crippen molar-refractivity contribution in [2.75, 3.05) is 34.2 Å². The smallest absolute Gasteiger partial charge is 0.235 e. The molecule has 2 heterocycles. The number of nitrogens with zero attached hydrogens (tertiary/aromatic N) is 2. The van der Waals surface area contributed by atoms with Crippen LogP contribution in [0.3, 0.4) is 0 Å². The van der Waals surface area contributed by atoms with E-state index < -0.39 is 11.6 Å². The number of H-pyrrole nitrogens is 1. The second-order valence-electron chi connectivity index (χ2n) is 7.85. The molecule has 2 N–H and O–H groups in total. The number of aliphatic imine (C=N–C) groups is 1. The summed E-state index contributed by atoms with van der Waals surface area (Å²) in [5, 5.41) is 3.04. The van der Waals surface area contributed by atoms with Gasteiger partial charge in [-0.1, -0.05) is 0 Å². The first-order valence-electron chi connectivity index (χ1n) is 9.97. The van der Waals surface area contributed by atoms with Gasteiger partial charge in [-0.05, 0) is 69.9 Å². The van der Waals surface area contributed by atoms with Gasteiger partial charge in [-0.3, -0.25) is 19.4 Å². The molecule has 7 heteroatoms. The van der Waals surface area contributed by atoms with Crippen molar-refractivity contribution < 1.29 is 14.4 Å². The second kappa shape index (κ2) is 7.93. The van der Waals surface area contributed by atoms with Crippen LogP contribution in [-0.4, -0.2) is 67.7 Å². The largest absolute Gasteiger partial charge is 0.361 e. The lowest BCUT2D eigenvalue weighted by atomic mass is 9.82. The summed E-state index contributed by atoms with van der Waals surface area (Å²) < 4.78 is 0. The molecule has 0 fully saturated rings. The van der Waals surface area contributed by atoms with Crippen LogP contribution in [0.1, 0.15) is 28.0 Å². The molecule has 4 rings (SSSR count). The monoisotopic (exact) mass is 404 g/mol. The fourth-order valence-electron chi connectivity index (χ4n) is 3.91. The van der Waals surface area contributed by atoms with Crippen molar-refractivity contribution in [1.82, 2.24) is 15.2 Å². The number of allylic oxidation sites excluding steroid dienone is 5. The van der Waals surface area contributed by atoms with Crippen molar-refractivity contribution in [3.05, 3.63) is 63.2 Å².